The maximum atomic E-state index is 11.3. The molecule has 3 nitrogen and oxygen atoms in total. The Morgan fingerprint density at radius 1 is 1.22 bits per heavy atom. The van der Waals surface area contributed by atoms with Gasteiger partial charge in [-0.3, -0.25) is 0 Å². The lowest BCUT2D eigenvalue weighted by Crippen LogP contribution is -2.11. The van der Waals surface area contributed by atoms with Crippen molar-refractivity contribution in [1.29, 1.82) is 0 Å². The number of hydrogen-bond acceptors (Lipinski definition) is 2. The number of carboxylic acid groups (broad SMARTS) is 1. The molecule has 92 valence electrons. The van der Waals surface area contributed by atoms with Crippen LogP contribution in [0.4, 0.5) is 0 Å². The summed E-state index contributed by atoms with van der Waals surface area (Å²) in [5.41, 5.74) is 1.24. The summed E-state index contributed by atoms with van der Waals surface area (Å²) in [4.78, 5) is 11.3. The van der Waals surface area contributed by atoms with Crippen LogP contribution in [0.2, 0.25) is 0 Å². The van der Waals surface area contributed by atoms with Crippen LogP contribution < -0.4 is 0 Å². The molecule has 18 heavy (non-hydrogen) atoms. The molecule has 3 rings (SSSR count). The molecule has 0 aliphatic heterocycles. The van der Waals surface area contributed by atoms with Crippen molar-refractivity contribution in [2.75, 3.05) is 0 Å². The SMILES string of the molecule is O=C(O)c1cc(-c2ccccc2)oc1C1CCC1. The second kappa shape index (κ2) is 4.33. The van der Waals surface area contributed by atoms with Gasteiger partial charge in [0.25, 0.3) is 0 Å². The molecule has 0 atom stereocenters. The molecule has 1 aromatic carbocycles. The van der Waals surface area contributed by atoms with E-state index in [0.717, 1.165) is 24.8 Å². The molecule has 1 saturated carbocycles. The fourth-order valence-electron chi connectivity index (χ4n) is 2.29. The van der Waals surface area contributed by atoms with Gasteiger partial charge in [0.1, 0.15) is 17.1 Å². The van der Waals surface area contributed by atoms with E-state index in [1.54, 1.807) is 6.07 Å². The quantitative estimate of drug-likeness (QED) is 0.887. The fraction of sp³-hybridized carbons (Fsp3) is 0.267. The van der Waals surface area contributed by atoms with Crippen molar-refractivity contribution in [2.24, 2.45) is 0 Å². The van der Waals surface area contributed by atoms with Crippen molar-refractivity contribution in [2.45, 2.75) is 25.2 Å². The Labute approximate surface area is 105 Å². The van der Waals surface area contributed by atoms with Crippen molar-refractivity contribution in [3.8, 4) is 11.3 Å². The normalized spacial score (nSPS) is 15.3. The molecule has 2 aromatic rings. The third-order valence-corrected chi connectivity index (χ3v) is 3.53. The fourth-order valence-corrected chi connectivity index (χ4v) is 2.29. The molecular formula is C15H14O3. The summed E-state index contributed by atoms with van der Waals surface area (Å²) in [6.07, 6.45) is 3.22. The van der Waals surface area contributed by atoms with Crippen molar-refractivity contribution >= 4 is 5.97 Å². The van der Waals surface area contributed by atoms with E-state index in [9.17, 15) is 9.90 Å². The zero-order chi connectivity index (χ0) is 12.5. The van der Waals surface area contributed by atoms with E-state index < -0.39 is 5.97 Å². The second-order valence-corrected chi connectivity index (χ2v) is 4.69. The molecule has 3 heteroatoms. The summed E-state index contributed by atoms with van der Waals surface area (Å²) in [7, 11) is 0. The summed E-state index contributed by atoms with van der Waals surface area (Å²) in [5.74, 6) is 0.680. The monoisotopic (exact) mass is 242 g/mol. The van der Waals surface area contributed by atoms with Crippen molar-refractivity contribution in [1.82, 2.24) is 0 Å². The highest BCUT2D eigenvalue weighted by atomic mass is 16.4. The molecule has 1 aliphatic carbocycles. The first-order chi connectivity index (χ1) is 8.75. The van der Waals surface area contributed by atoms with Crippen LogP contribution in [0.3, 0.4) is 0 Å². The number of carboxylic acids is 1. The van der Waals surface area contributed by atoms with Crippen LogP contribution >= 0.6 is 0 Å². The van der Waals surface area contributed by atoms with Crippen LogP contribution in [0.25, 0.3) is 11.3 Å². The van der Waals surface area contributed by atoms with Gasteiger partial charge in [-0.2, -0.15) is 0 Å². The van der Waals surface area contributed by atoms with Gasteiger partial charge in [-0.25, -0.2) is 4.79 Å². The van der Waals surface area contributed by atoms with E-state index in [-0.39, 0.29) is 5.92 Å². The Morgan fingerprint density at radius 2 is 1.94 bits per heavy atom. The lowest BCUT2D eigenvalue weighted by Gasteiger charge is -2.23. The zero-order valence-corrected chi connectivity index (χ0v) is 9.93. The highest BCUT2D eigenvalue weighted by Gasteiger charge is 2.29. The Kier molecular flexibility index (Phi) is 2.67. The Hall–Kier alpha value is -2.03. The largest absolute Gasteiger partial charge is 0.478 e. The Balaban J connectivity index is 2.04. The van der Waals surface area contributed by atoms with Gasteiger partial charge in [0.05, 0.1) is 0 Å². The van der Waals surface area contributed by atoms with Crippen LogP contribution in [0.5, 0.6) is 0 Å². The number of aromatic carboxylic acids is 1. The van der Waals surface area contributed by atoms with Crippen LogP contribution in [0.15, 0.2) is 40.8 Å². The second-order valence-electron chi connectivity index (χ2n) is 4.69. The molecule has 0 saturated heterocycles. The molecule has 1 aromatic heterocycles. The van der Waals surface area contributed by atoms with Gasteiger partial charge in [0, 0.05) is 11.5 Å². The number of rotatable bonds is 3. The third kappa shape index (κ3) is 1.82. The molecule has 0 amide bonds. The van der Waals surface area contributed by atoms with Crippen LogP contribution in [-0.2, 0) is 0 Å². The number of furan rings is 1. The first-order valence-electron chi connectivity index (χ1n) is 6.18. The average molecular weight is 242 g/mol. The van der Waals surface area contributed by atoms with Gasteiger partial charge in [-0.05, 0) is 18.9 Å². The molecule has 1 aliphatic rings. The minimum Gasteiger partial charge on any atom is -0.478 e. The van der Waals surface area contributed by atoms with Gasteiger partial charge in [-0.15, -0.1) is 0 Å². The molecule has 0 spiro atoms. The molecular weight excluding hydrogens is 228 g/mol. The topological polar surface area (TPSA) is 50.4 Å². The average Bonchev–Trinajstić information content (AvgIpc) is 2.73. The summed E-state index contributed by atoms with van der Waals surface area (Å²) in [6.45, 7) is 0. The highest BCUT2D eigenvalue weighted by molar-refractivity contribution is 5.90. The summed E-state index contributed by atoms with van der Waals surface area (Å²) >= 11 is 0. The highest BCUT2D eigenvalue weighted by Crippen LogP contribution is 2.41. The minimum absolute atomic E-state index is 0.286. The van der Waals surface area contributed by atoms with Gasteiger partial charge in [0.15, 0.2) is 0 Å². The van der Waals surface area contributed by atoms with E-state index in [2.05, 4.69) is 0 Å². The Morgan fingerprint density at radius 3 is 2.50 bits per heavy atom. The van der Waals surface area contributed by atoms with E-state index in [0.29, 0.717) is 17.1 Å². The molecule has 1 heterocycles. The van der Waals surface area contributed by atoms with Gasteiger partial charge < -0.3 is 9.52 Å². The Bertz CT molecular complexity index is 565. The van der Waals surface area contributed by atoms with Crippen LogP contribution in [0, 0.1) is 0 Å². The number of hydrogen-bond donors (Lipinski definition) is 1. The molecule has 1 fully saturated rings. The lowest BCUT2D eigenvalue weighted by molar-refractivity contribution is 0.0692. The lowest BCUT2D eigenvalue weighted by atomic mass is 9.82. The molecule has 0 radical (unpaired) electrons. The van der Waals surface area contributed by atoms with Gasteiger partial charge in [0.2, 0.25) is 0 Å². The van der Waals surface area contributed by atoms with Gasteiger partial charge in [-0.1, -0.05) is 36.8 Å². The first-order valence-corrected chi connectivity index (χ1v) is 6.18. The maximum absolute atomic E-state index is 11.3. The van der Waals surface area contributed by atoms with Crippen molar-refractivity contribution < 1.29 is 14.3 Å². The zero-order valence-electron chi connectivity index (χ0n) is 9.93. The van der Waals surface area contributed by atoms with E-state index in [1.165, 1.54) is 0 Å². The van der Waals surface area contributed by atoms with E-state index in [1.807, 2.05) is 30.3 Å². The van der Waals surface area contributed by atoms with Gasteiger partial charge >= 0.3 is 5.97 Å². The summed E-state index contributed by atoms with van der Waals surface area (Å²) < 4.78 is 5.79. The molecule has 0 bridgehead atoms. The minimum atomic E-state index is -0.900. The van der Waals surface area contributed by atoms with Crippen LogP contribution in [-0.4, -0.2) is 11.1 Å². The smallest absolute Gasteiger partial charge is 0.339 e. The number of benzene rings is 1. The molecule has 1 N–H and O–H groups in total. The predicted octanol–water partition coefficient (Wildman–Crippen LogP) is 3.91. The number of carbonyl (C=O) groups is 1. The molecule has 0 unspecified atom stereocenters. The standard InChI is InChI=1S/C15H14O3/c16-15(17)12-9-13(10-5-2-1-3-6-10)18-14(12)11-7-4-8-11/h1-3,5-6,9,11H,4,7-8H2,(H,16,17). The summed E-state index contributed by atoms with van der Waals surface area (Å²) in [5, 5.41) is 9.23. The van der Waals surface area contributed by atoms with Crippen LogP contribution in [0.1, 0.15) is 41.3 Å². The van der Waals surface area contributed by atoms with E-state index >= 15 is 0 Å². The van der Waals surface area contributed by atoms with Crippen molar-refractivity contribution in [3.63, 3.8) is 0 Å². The van der Waals surface area contributed by atoms with E-state index in [4.69, 9.17) is 4.42 Å². The third-order valence-electron chi connectivity index (χ3n) is 3.53. The predicted molar refractivity (Wildman–Crippen MR) is 67.7 cm³/mol. The maximum Gasteiger partial charge on any atom is 0.339 e. The van der Waals surface area contributed by atoms with Crippen molar-refractivity contribution in [3.05, 3.63) is 47.7 Å². The first kappa shape index (κ1) is 11.1. The summed E-state index contributed by atoms with van der Waals surface area (Å²) in [6, 6.07) is 11.3.